The number of furan rings is 1. The summed E-state index contributed by atoms with van der Waals surface area (Å²) in [4.78, 5) is 17.5. The summed E-state index contributed by atoms with van der Waals surface area (Å²) in [5.74, 6) is -0.859. The highest BCUT2D eigenvalue weighted by atomic mass is 32.2. The van der Waals surface area contributed by atoms with E-state index in [2.05, 4.69) is 10.3 Å². The molecule has 0 aliphatic carbocycles. The minimum atomic E-state index is -3.56. The van der Waals surface area contributed by atoms with Gasteiger partial charge in [0.05, 0.1) is 16.9 Å². The lowest BCUT2D eigenvalue weighted by Crippen LogP contribution is -2.14. The van der Waals surface area contributed by atoms with Gasteiger partial charge >= 0.3 is 0 Å². The zero-order chi connectivity index (χ0) is 17.2. The van der Waals surface area contributed by atoms with Crippen LogP contribution in [0.4, 0.5) is 5.13 Å². The molecule has 2 aromatic heterocycles. The van der Waals surface area contributed by atoms with Gasteiger partial charge in [0.25, 0.3) is 5.91 Å². The number of aryl methyl sites for hydroxylation is 1. The molecule has 0 bridgehead atoms. The van der Waals surface area contributed by atoms with Gasteiger partial charge in [0.2, 0.25) is 0 Å². The summed E-state index contributed by atoms with van der Waals surface area (Å²) in [6, 6.07) is 9.58. The number of rotatable bonds is 5. The van der Waals surface area contributed by atoms with Crippen LogP contribution in [0.1, 0.15) is 21.0 Å². The first-order chi connectivity index (χ1) is 11.5. The molecule has 1 amide bonds. The molecule has 0 aliphatic rings. The Bertz CT molecular complexity index is 959. The summed E-state index contributed by atoms with van der Waals surface area (Å²) < 4.78 is 30.1. The number of amides is 1. The molecule has 8 heteroatoms. The van der Waals surface area contributed by atoms with Gasteiger partial charge in [-0.05, 0) is 25.1 Å². The number of carbonyl (C=O) groups is 1. The Morgan fingerprint density at radius 1 is 1.25 bits per heavy atom. The molecule has 0 saturated carbocycles. The molecule has 6 nitrogen and oxygen atoms in total. The largest absolute Gasteiger partial charge is 0.459 e. The number of nitrogens with one attached hydrogen (secondary N) is 1. The summed E-state index contributed by atoms with van der Waals surface area (Å²) in [7, 11) is -3.56. The molecule has 3 aromatic rings. The van der Waals surface area contributed by atoms with Crippen molar-refractivity contribution in [1.82, 2.24) is 4.98 Å². The number of thiazole rings is 1. The monoisotopic (exact) mass is 362 g/mol. The smallest absolute Gasteiger partial charge is 0.293 e. The zero-order valence-corrected chi connectivity index (χ0v) is 14.4. The average Bonchev–Trinajstić information content (AvgIpc) is 3.17. The standard InChI is InChI=1S/C16H14N2O4S2/c1-11-9-17-16(23-11)18-15(19)14-12(7-8-22-14)10-24(20,21)13-5-3-2-4-6-13/h2-9H,10H2,1H3,(H,17,18,19). The molecule has 3 rings (SSSR count). The van der Waals surface area contributed by atoms with Gasteiger partial charge in [-0.2, -0.15) is 0 Å². The molecule has 1 N–H and O–H groups in total. The van der Waals surface area contributed by atoms with Gasteiger partial charge in [0, 0.05) is 16.6 Å². The van der Waals surface area contributed by atoms with E-state index in [0.717, 1.165) is 4.88 Å². The molecule has 0 unspecified atom stereocenters. The van der Waals surface area contributed by atoms with Crippen molar-refractivity contribution in [3.05, 3.63) is 65.1 Å². The Balaban J connectivity index is 1.81. The van der Waals surface area contributed by atoms with Crippen LogP contribution < -0.4 is 5.32 Å². The summed E-state index contributed by atoms with van der Waals surface area (Å²) in [6.45, 7) is 1.87. The second-order valence-corrected chi connectivity index (χ2v) is 8.30. The molecule has 1 aromatic carbocycles. The van der Waals surface area contributed by atoms with Crippen LogP contribution in [0.25, 0.3) is 0 Å². The number of nitrogens with zero attached hydrogens (tertiary/aromatic N) is 1. The first-order valence-corrected chi connectivity index (χ1v) is 9.50. The molecular formula is C16H14N2O4S2. The van der Waals surface area contributed by atoms with E-state index in [1.165, 1.54) is 35.8 Å². The highest BCUT2D eigenvalue weighted by molar-refractivity contribution is 7.90. The van der Waals surface area contributed by atoms with Crippen molar-refractivity contribution in [3.8, 4) is 0 Å². The highest BCUT2D eigenvalue weighted by Gasteiger charge is 2.23. The van der Waals surface area contributed by atoms with E-state index >= 15 is 0 Å². The van der Waals surface area contributed by atoms with E-state index in [-0.39, 0.29) is 16.4 Å². The number of anilines is 1. The first-order valence-electron chi connectivity index (χ1n) is 7.04. The summed E-state index contributed by atoms with van der Waals surface area (Å²) >= 11 is 1.33. The van der Waals surface area contributed by atoms with E-state index in [1.54, 1.807) is 24.4 Å². The quantitative estimate of drug-likeness (QED) is 0.752. The maximum absolute atomic E-state index is 12.5. The van der Waals surface area contributed by atoms with E-state index in [4.69, 9.17) is 4.42 Å². The highest BCUT2D eigenvalue weighted by Crippen LogP contribution is 2.22. The maximum Gasteiger partial charge on any atom is 0.293 e. The minimum Gasteiger partial charge on any atom is -0.459 e. The third kappa shape index (κ3) is 3.55. The van der Waals surface area contributed by atoms with Crippen molar-refractivity contribution in [2.45, 2.75) is 17.6 Å². The average molecular weight is 362 g/mol. The van der Waals surface area contributed by atoms with E-state index in [9.17, 15) is 13.2 Å². The lowest BCUT2D eigenvalue weighted by Gasteiger charge is -2.05. The van der Waals surface area contributed by atoms with Crippen molar-refractivity contribution in [2.24, 2.45) is 0 Å². The topological polar surface area (TPSA) is 89.3 Å². The summed E-state index contributed by atoms with van der Waals surface area (Å²) in [6.07, 6.45) is 2.95. The Labute approximate surface area is 143 Å². The number of hydrogen-bond donors (Lipinski definition) is 1. The molecule has 0 saturated heterocycles. The van der Waals surface area contributed by atoms with Crippen LogP contribution in [-0.4, -0.2) is 19.3 Å². The van der Waals surface area contributed by atoms with Crippen LogP contribution in [0.2, 0.25) is 0 Å². The van der Waals surface area contributed by atoms with Crippen LogP contribution in [0.15, 0.2) is 58.2 Å². The molecule has 0 radical (unpaired) electrons. The van der Waals surface area contributed by atoms with E-state index in [0.29, 0.717) is 10.7 Å². The van der Waals surface area contributed by atoms with Crippen LogP contribution >= 0.6 is 11.3 Å². The third-order valence-corrected chi connectivity index (χ3v) is 5.75. The van der Waals surface area contributed by atoms with Gasteiger partial charge in [-0.1, -0.05) is 18.2 Å². The second-order valence-electron chi connectivity index (χ2n) is 5.08. The predicted octanol–water partition coefficient (Wildman–Crippen LogP) is 3.27. The SMILES string of the molecule is Cc1cnc(NC(=O)c2occc2CS(=O)(=O)c2ccccc2)s1. The number of sulfone groups is 1. The second kappa shape index (κ2) is 6.58. The van der Waals surface area contributed by atoms with Gasteiger partial charge in [-0.25, -0.2) is 13.4 Å². The molecule has 2 heterocycles. The summed E-state index contributed by atoms with van der Waals surface area (Å²) in [5.41, 5.74) is 0.310. The number of hydrogen-bond acceptors (Lipinski definition) is 6. The first kappa shape index (κ1) is 16.4. The van der Waals surface area contributed by atoms with Gasteiger partial charge in [-0.15, -0.1) is 11.3 Å². The lowest BCUT2D eigenvalue weighted by atomic mass is 10.3. The van der Waals surface area contributed by atoms with E-state index < -0.39 is 15.7 Å². The lowest BCUT2D eigenvalue weighted by molar-refractivity contribution is 0.0995. The Kier molecular flexibility index (Phi) is 4.50. The van der Waals surface area contributed by atoms with Crippen molar-refractivity contribution in [3.63, 3.8) is 0 Å². The minimum absolute atomic E-state index is 0.0256. The molecular weight excluding hydrogens is 348 g/mol. The van der Waals surface area contributed by atoms with Crippen LogP contribution in [0.5, 0.6) is 0 Å². The van der Waals surface area contributed by atoms with Gasteiger partial charge in [0.1, 0.15) is 0 Å². The Hall–Kier alpha value is -2.45. The maximum atomic E-state index is 12.5. The fraction of sp³-hybridized carbons (Fsp3) is 0.125. The number of aromatic nitrogens is 1. The van der Waals surface area contributed by atoms with Crippen LogP contribution in [0.3, 0.4) is 0 Å². The zero-order valence-electron chi connectivity index (χ0n) is 12.7. The van der Waals surface area contributed by atoms with Gasteiger partial charge < -0.3 is 4.42 Å². The van der Waals surface area contributed by atoms with Crippen molar-refractivity contribution >= 4 is 32.2 Å². The van der Waals surface area contributed by atoms with Crippen molar-refractivity contribution in [2.75, 3.05) is 5.32 Å². The molecule has 0 spiro atoms. The Morgan fingerprint density at radius 2 is 2.00 bits per heavy atom. The molecule has 0 atom stereocenters. The molecule has 0 aliphatic heterocycles. The third-order valence-electron chi connectivity index (χ3n) is 3.24. The van der Waals surface area contributed by atoms with Crippen LogP contribution in [0, 0.1) is 6.92 Å². The predicted molar refractivity (Wildman–Crippen MR) is 90.8 cm³/mol. The van der Waals surface area contributed by atoms with Gasteiger partial charge in [-0.3, -0.25) is 10.1 Å². The molecule has 124 valence electrons. The summed E-state index contributed by atoms with van der Waals surface area (Å²) in [5, 5.41) is 3.05. The fourth-order valence-electron chi connectivity index (χ4n) is 2.13. The van der Waals surface area contributed by atoms with Crippen molar-refractivity contribution in [1.29, 1.82) is 0 Å². The van der Waals surface area contributed by atoms with Crippen molar-refractivity contribution < 1.29 is 17.6 Å². The number of carbonyl (C=O) groups excluding carboxylic acids is 1. The van der Waals surface area contributed by atoms with Gasteiger partial charge in [0.15, 0.2) is 20.7 Å². The fourth-order valence-corrected chi connectivity index (χ4v) is 4.17. The van der Waals surface area contributed by atoms with Crippen LogP contribution in [-0.2, 0) is 15.6 Å². The Morgan fingerprint density at radius 3 is 2.67 bits per heavy atom. The molecule has 0 fully saturated rings. The normalized spacial score (nSPS) is 11.4. The molecule has 24 heavy (non-hydrogen) atoms. The number of benzene rings is 1. The van der Waals surface area contributed by atoms with E-state index in [1.807, 2.05) is 6.92 Å².